The number of nitrogens with one attached hydrogen (secondary N) is 2. The maximum absolute atomic E-state index is 13.6. The molecule has 9 nitrogen and oxygen atoms in total. The number of fused-ring (bicyclic) bond motifs is 1. The predicted octanol–water partition coefficient (Wildman–Crippen LogP) is 4.26. The fourth-order valence-electron chi connectivity index (χ4n) is 5.68. The lowest BCUT2D eigenvalue weighted by molar-refractivity contribution is -0.114. The van der Waals surface area contributed by atoms with E-state index < -0.39 is 5.79 Å². The molecule has 2 aromatic heterocycles. The van der Waals surface area contributed by atoms with Crippen LogP contribution in [0.5, 0.6) is 11.5 Å². The van der Waals surface area contributed by atoms with E-state index >= 15 is 0 Å². The van der Waals surface area contributed by atoms with Crippen LogP contribution in [0.1, 0.15) is 52.9 Å². The lowest BCUT2D eigenvalue weighted by atomic mass is 9.85. The molecule has 0 bridgehead atoms. The summed E-state index contributed by atoms with van der Waals surface area (Å²) in [4.78, 5) is 32.1. The molecule has 1 amide bonds. The zero-order valence-electron chi connectivity index (χ0n) is 23.5. The molecule has 1 saturated carbocycles. The molecule has 0 atom stereocenters. The van der Waals surface area contributed by atoms with Gasteiger partial charge in [0.05, 0.1) is 6.20 Å². The van der Waals surface area contributed by atoms with Crippen molar-refractivity contribution in [3.05, 3.63) is 57.3 Å². The average molecular weight is 552 g/mol. The number of thioether (sulfide) groups is 1. The van der Waals surface area contributed by atoms with Crippen LogP contribution >= 0.6 is 11.8 Å². The topological polar surface area (TPSA) is 101 Å². The quantitative estimate of drug-likeness (QED) is 0.423. The minimum atomic E-state index is -0.718. The number of aryl methyl sites for hydroxylation is 2. The van der Waals surface area contributed by atoms with Crippen molar-refractivity contribution in [2.24, 2.45) is 13.0 Å². The number of hydrogen-bond acceptors (Lipinski definition) is 7. The predicted molar refractivity (Wildman–Crippen MR) is 153 cm³/mol. The van der Waals surface area contributed by atoms with Gasteiger partial charge in [-0.3, -0.25) is 14.3 Å². The molecule has 0 radical (unpaired) electrons. The van der Waals surface area contributed by atoms with Crippen molar-refractivity contribution in [2.45, 2.75) is 56.8 Å². The largest absolute Gasteiger partial charge is 0.448 e. The number of hydrogen-bond donors (Lipinski definition) is 2. The van der Waals surface area contributed by atoms with E-state index in [1.165, 1.54) is 11.8 Å². The maximum Gasteiger partial charge on any atom is 0.254 e. The summed E-state index contributed by atoms with van der Waals surface area (Å²) in [5, 5.41) is 7.31. The van der Waals surface area contributed by atoms with Gasteiger partial charge in [-0.25, -0.2) is 0 Å². The highest BCUT2D eigenvalue weighted by atomic mass is 32.2. The molecule has 2 N–H and O–H groups in total. The van der Waals surface area contributed by atoms with E-state index in [0.29, 0.717) is 28.5 Å². The van der Waals surface area contributed by atoms with Crippen LogP contribution in [0.25, 0.3) is 11.1 Å². The van der Waals surface area contributed by atoms with Crippen molar-refractivity contribution >= 4 is 17.7 Å². The second-order valence-electron chi connectivity index (χ2n) is 11.0. The third kappa shape index (κ3) is 5.45. The molecule has 39 heavy (non-hydrogen) atoms. The van der Waals surface area contributed by atoms with Gasteiger partial charge in [0.2, 0.25) is 0 Å². The Kier molecular flexibility index (Phi) is 7.52. The fraction of sp³-hybridized carbons (Fsp3) is 0.483. The first-order chi connectivity index (χ1) is 18.6. The molecular weight excluding hydrogens is 514 g/mol. The van der Waals surface area contributed by atoms with Gasteiger partial charge < -0.3 is 24.7 Å². The molecule has 0 unspecified atom stereocenters. The van der Waals surface area contributed by atoms with Gasteiger partial charge in [-0.05, 0) is 65.1 Å². The summed E-state index contributed by atoms with van der Waals surface area (Å²) in [5.41, 5.74) is 3.99. The Morgan fingerprint density at radius 1 is 1.23 bits per heavy atom. The molecule has 10 heteroatoms. The Labute approximate surface area is 233 Å². The summed E-state index contributed by atoms with van der Waals surface area (Å²) in [6, 6.07) is 3.78. The first-order valence-corrected chi connectivity index (χ1v) is 14.6. The second-order valence-corrected chi connectivity index (χ2v) is 11.8. The Morgan fingerprint density at radius 2 is 1.95 bits per heavy atom. The van der Waals surface area contributed by atoms with E-state index in [-0.39, 0.29) is 18.0 Å². The van der Waals surface area contributed by atoms with Gasteiger partial charge in [0, 0.05) is 77.6 Å². The standard InChI is InChI=1S/C29H37N5O4S/c1-17-11-24(39-6)23(28(36)32-17)14-30-27(35)21-12-22(20-13-31-34(5)16-20)26-25(18(21)2)37-29(38-26)9-7-19(8-10-29)15-33(3)4/h11-13,16,19H,7-10,14-15H2,1-6H3,(H,30,35)(H,32,36). The van der Waals surface area contributed by atoms with E-state index in [2.05, 4.69) is 34.4 Å². The summed E-state index contributed by atoms with van der Waals surface area (Å²) in [6.07, 6.45) is 9.22. The number of H-pyrrole nitrogens is 1. The summed E-state index contributed by atoms with van der Waals surface area (Å²) < 4.78 is 15.0. The minimum Gasteiger partial charge on any atom is -0.448 e. The first-order valence-electron chi connectivity index (χ1n) is 13.3. The summed E-state index contributed by atoms with van der Waals surface area (Å²) in [5.74, 6) is 0.905. The fourth-order valence-corrected chi connectivity index (χ4v) is 6.39. The number of amides is 1. The minimum absolute atomic E-state index is 0.123. The van der Waals surface area contributed by atoms with E-state index in [1.54, 1.807) is 10.9 Å². The molecule has 208 valence electrons. The molecule has 0 saturated heterocycles. The van der Waals surface area contributed by atoms with Crippen molar-refractivity contribution in [3.8, 4) is 22.6 Å². The third-order valence-corrected chi connectivity index (χ3v) is 8.49. The molecule has 1 aliphatic carbocycles. The number of carbonyl (C=O) groups excluding carboxylic acids is 1. The molecule has 1 fully saturated rings. The number of nitrogens with zero attached hydrogens (tertiary/aromatic N) is 3. The van der Waals surface area contributed by atoms with E-state index in [4.69, 9.17) is 9.47 Å². The molecule has 1 aromatic carbocycles. The highest BCUT2D eigenvalue weighted by Gasteiger charge is 2.47. The van der Waals surface area contributed by atoms with Crippen LogP contribution in [-0.4, -0.2) is 58.3 Å². The van der Waals surface area contributed by atoms with Gasteiger partial charge >= 0.3 is 0 Å². The van der Waals surface area contributed by atoms with Crippen LogP contribution < -0.4 is 20.3 Å². The van der Waals surface area contributed by atoms with Gasteiger partial charge in [-0.1, -0.05) is 0 Å². The van der Waals surface area contributed by atoms with Crippen molar-refractivity contribution in [2.75, 3.05) is 26.9 Å². The number of aromatic amines is 1. The molecule has 2 aliphatic rings. The van der Waals surface area contributed by atoms with Crippen LogP contribution in [0, 0.1) is 19.8 Å². The highest BCUT2D eigenvalue weighted by Crippen LogP contribution is 2.53. The summed E-state index contributed by atoms with van der Waals surface area (Å²) in [6.45, 7) is 4.92. The van der Waals surface area contributed by atoms with Crippen LogP contribution in [-0.2, 0) is 13.6 Å². The van der Waals surface area contributed by atoms with Gasteiger partial charge in [0.15, 0.2) is 11.5 Å². The van der Waals surface area contributed by atoms with Crippen LogP contribution in [0.15, 0.2) is 34.2 Å². The molecule has 1 aliphatic heterocycles. The Morgan fingerprint density at radius 3 is 2.59 bits per heavy atom. The molecule has 3 aromatic rings. The van der Waals surface area contributed by atoms with Crippen LogP contribution in [0.4, 0.5) is 0 Å². The number of pyridine rings is 1. The van der Waals surface area contributed by atoms with Crippen LogP contribution in [0.3, 0.4) is 0 Å². The molecule has 3 heterocycles. The number of rotatable bonds is 7. The molecule has 1 spiro atoms. The smallest absolute Gasteiger partial charge is 0.254 e. The van der Waals surface area contributed by atoms with Gasteiger partial charge in [-0.2, -0.15) is 5.10 Å². The summed E-state index contributed by atoms with van der Waals surface area (Å²) in [7, 11) is 6.07. The highest BCUT2D eigenvalue weighted by molar-refractivity contribution is 7.98. The van der Waals surface area contributed by atoms with Gasteiger partial charge in [-0.15, -0.1) is 11.8 Å². The number of aromatic nitrogens is 3. The van der Waals surface area contributed by atoms with Crippen molar-refractivity contribution in [3.63, 3.8) is 0 Å². The van der Waals surface area contributed by atoms with E-state index in [0.717, 1.165) is 59.5 Å². The lowest BCUT2D eigenvalue weighted by Crippen LogP contribution is -2.43. The van der Waals surface area contributed by atoms with Crippen molar-refractivity contribution in [1.29, 1.82) is 0 Å². The Hall–Kier alpha value is -3.24. The zero-order valence-corrected chi connectivity index (χ0v) is 24.3. The number of benzene rings is 1. The van der Waals surface area contributed by atoms with Crippen molar-refractivity contribution < 1.29 is 14.3 Å². The maximum atomic E-state index is 13.6. The average Bonchev–Trinajstić information content (AvgIpc) is 3.48. The Bertz CT molecular complexity index is 1450. The SMILES string of the molecule is CSc1cc(C)[nH]c(=O)c1CNC(=O)c1cc(-c2cnn(C)c2)c2c(c1C)OC1(CCC(CN(C)C)CC1)O2. The van der Waals surface area contributed by atoms with E-state index in [9.17, 15) is 9.59 Å². The lowest BCUT2D eigenvalue weighted by Gasteiger charge is -2.36. The number of ether oxygens (including phenoxy) is 2. The molecule has 5 rings (SSSR count). The summed E-state index contributed by atoms with van der Waals surface area (Å²) >= 11 is 1.49. The number of carbonyl (C=O) groups is 1. The monoisotopic (exact) mass is 551 g/mol. The normalized spacial score (nSPS) is 20.1. The Balaban J connectivity index is 1.46. The van der Waals surface area contributed by atoms with Crippen LogP contribution in [0.2, 0.25) is 0 Å². The van der Waals surface area contributed by atoms with Gasteiger partial charge in [0.25, 0.3) is 17.3 Å². The zero-order chi connectivity index (χ0) is 27.9. The first kappa shape index (κ1) is 27.3. The van der Waals surface area contributed by atoms with Gasteiger partial charge in [0.1, 0.15) is 0 Å². The van der Waals surface area contributed by atoms with E-state index in [1.807, 2.05) is 45.5 Å². The van der Waals surface area contributed by atoms with Crippen molar-refractivity contribution in [1.82, 2.24) is 25.0 Å². The third-order valence-electron chi connectivity index (χ3n) is 7.69. The second kappa shape index (κ2) is 10.7. The molecular formula is C29H37N5O4S.